The fourth-order valence-corrected chi connectivity index (χ4v) is 4.20. The van der Waals surface area contributed by atoms with Crippen LogP contribution in [-0.2, 0) is 19.4 Å². The van der Waals surface area contributed by atoms with Crippen molar-refractivity contribution in [2.45, 2.75) is 65.0 Å². The summed E-state index contributed by atoms with van der Waals surface area (Å²) in [6, 6.07) is 10.6. The summed E-state index contributed by atoms with van der Waals surface area (Å²) in [7, 11) is 1.89. The van der Waals surface area contributed by atoms with Crippen molar-refractivity contribution < 1.29 is 9.53 Å². The Morgan fingerprint density at radius 3 is 2.74 bits per heavy atom. The van der Waals surface area contributed by atoms with E-state index < -0.39 is 0 Å². The second-order valence-corrected chi connectivity index (χ2v) is 9.58. The SMILES string of the molecule is CCCCOc1ccc(C(=O)N(C)[C@@H]2Cc3ccc(CNCC4(C)CC4)cc3C2)nc1. The van der Waals surface area contributed by atoms with Crippen molar-refractivity contribution in [2.75, 3.05) is 20.2 Å². The van der Waals surface area contributed by atoms with Crippen LogP contribution in [0, 0.1) is 5.41 Å². The van der Waals surface area contributed by atoms with Crippen LogP contribution in [0.1, 0.15) is 66.7 Å². The van der Waals surface area contributed by atoms with Gasteiger partial charge in [-0.15, -0.1) is 0 Å². The van der Waals surface area contributed by atoms with Crippen molar-refractivity contribution in [3.05, 3.63) is 58.9 Å². The number of aromatic nitrogens is 1. The quantitative estimate of drug-likeness (QED) is 0.578. The van der Waals surface area contributed by atoms with E-state index in [4.69, 9.17) is 4.74 Å². The number of pyridine rings is 1. The number of rotatable bonds is 10. The van der Waals surface area contributed by atoms with Crippen LogP contribution >= 0.6 is 0 Å². The molecule has 1 aromatic heterocycles. The van der Waals surface area contributed by atoms with Gasteiger partial charge in [0.25, 0.3) is 5.91 Å². The first kappa shape index (κ1) is 21.8. The fraction of sp³-hybridized carbons (Fsp3) is 0.538. The number of benzene rings is 1. The van der Waals surface area contributed by atoms with E-state index in [1.807, 2.05) is 18.0 Å². The van der Waals surface area contributed by atoms with E-state index in [-0.39, 0.29) is 11.9 Å². The zero-order chi connectivity index (χ0) is 21.8. The van der Waals surface area contributed by atoms with Crippen molar-refractivity contribution in [3.63, 3.8) is 0 Å². The van der Waals surface area contributed by atoms with Gasteiger partial charge in [0, 0.05) is 26.2 Å². The molecule has 2 aromatic rings. The van der Waals surface area contributed by atoms with Crippen molar-refractivity contribution >= 4 is 5.91 Å². The van der Waals surface area contributed by atoms with Crippen molar-refractivity contribution in [1.82, 2.24) is 15.2 Å². The van der Waals surface area contributed by atoms with Gasteiger partial charge in [0.15, 0.2) is 0 Å². The predicted octanol–water partition coefficient (Wildman–Crippen LogP) is 4.39. The highest BCUT2D eigenvalue weighted by molar-refractivity contribution is 5.92. The number of fused-ring (bicyclic) bond motifs is 1. The van der Waals surface area contributed by atoms with Crippen LogP contribution in [0.4, 0.5) is 0 Å². The molecule has 0 radical (unpaired) electrons. The molecule has 1 amide bonds. The highest BCUT2D eigenvalue weighted by atomic mass is 16.5. The standard InChI is InChI=1S/C26H35N3O2/c1-4-5-12-31-23-8-9-24(28-17-23)25(30)29(3)22-14-20-7-6-19(13-21(20)15-22)16-27-18-26(2)10-11-26/h6-9,13,17,22,27H,4-5,10-12,14-16,18H2,1-3H3/t22-/m1/s1. The average molecular weight is 422 g/mol. The lowest BCUT2D eigenvalue weighted by molar-refractivity contribution is 0.0731. The maximum absolute atomic E-state index is 13.0. The van der Waals surface area contributed by atoms with Crippen LogP contribution in [0.5, 0.6) is 5.75 Å². The van der Waals surface area contributed by atoms with Gasteiger partial charge in [-0.05, 0) is 66.3 Å². The van der Waals surface area contributed by atoms with Crippen molar-refractivity contribution in [1.29, 1.82) is 0 Å². The lowest BCUT2D eigenvalue weighted by atomic mass is 10.1. The molecule has 1 atom stereocenters. The molecule has 0 aliphatic heterocycles. The van der Waals surface area contributed by atoms with Crippen LogP contribution in [-0.4, -0.2) is 42.0 Å². The van der Waals surface area contributed by atoms with Gasteiger partial charge in [0.05, 0.1) is 12.8 Å². The minimum Gasteiger partial charge on any atom is -0.492 e. The van der Waals surface area contributed by atoms with Crippen LogP contribution in [0.15, 0.2) is 36.5 Å². The van der Waals surface area contributed by atoms with Gasteiger partial charge in [-0.1, -0.05) is 38.5 Å². The summed E-state index contributed by atoms with van der Waals surface area (Å²) in [5, 5.41) is 3.61. The maximum Gasteiger partial charge on any atom is 0.272 e. The Hall–Kier alpha value is -2.40. The van der Waals surface area contributed by atoms with Crippen LogP contribution in [0.2, 0.25) is 0 Å². The van der Waals surface area contributed by atoms with Gasteiger partial charge in [-0.3, -0.25) is 4.79 Å². The molecule has 2 aliphatic carbocycles. The monoisotopic (exact) mass is 421 g/mol. The highest BCUT2D eigenvalue weighted by Gasteiger charge is 2.36. The molecule has 1 saturated carbocycles. The van der Waals surface area contributed by atoms with E-state index in [0.29, 0.717) is 17.7 Å². The maximum atomic E-state index is 13.0. The number of nitrogens with one attached hydrogen (secondary N) is 1. The Labute approximate surface area is 186 Å². The number of likely N-dealkylation sites (N-methyl/N-ethyl adjacent to an activating group) is 1. The smallest absolute Gasteiger partial charge is 0.272 e. The van der Waals surface area contributed by atoms with Crippen LogP contribution < -0.4 is 10.1 Å². The predicted molar refractivity (Wildman–Crippen MR) is 123 cm³/mol. The summed E-state index contributed by atoms with van der Waals surface area (Å²) in [4.78, 5) is 19.2. The first-order chi connectivity index (χ1) is 15.0. The zero-order valence-electron chi connectivity index (χ0n) is 19.1. The van der Waals surface area contributed by atoms with Gasteiger partial charge in [-0.2, -0.15) is 0 Å². The number of unbranched alkanes of at least 4 members (excludes halogenated alkanes) is 1. The average Bonchev–Trinajstić information content (AvgIpc) is 3.35. The molecule has 5 nitrogen and oxygen atoms in total. The van der Waals surface area contributed by atoms with E-state index in [1.54, 1.807) is 12.3 Å². The number of carbonyl (C=O) groups excluding carboxylic acids is 1. The third-order valence-corrected chi connectivity index (χ3v) is 6.76. The molecule has 1 aromatic carbocycles. The van der Waals surface area contributed by atoms with Crippen LogP contribution in [0.3, 0.4) is 0 Å². The van der Waals surface area contributed by atoms with Gasteiger partial charge in [-0.25, -0.2) is 4.98 Å². The molecule has 0 saturated heterocycles. The molecule has 2 aliphatic rings. The molecule has 4 rings (SSSR count). The normalized spacial score (nSPS) is 18.5. The van der Waals surface area contributed by atoms with Gasteiger partial charge in [0.1, 0.15) is 11.4 Å². The zero-order valence-corrected chi connectivity index (χ0v) is 19.1. The summed E-state index contributed by atoms with van der Waals surface area (Å²) in [5.74, 6) is 0.690. The number of hydrogen-bond donors (Lipinski definition) is 1. The summed E-state index contributed by atoms with van der Waals surface area (Å²) in [6.45, 7) is 7.18. The number of nitrogens with zero attached hydrogens (tertiary/aromatic N) is 2. The Bertz CT molecular complexity index is 905. The Balaban J connectivity index is 1.32. The molecular weight excluding hydrogens is 386 g/mol. The molecule has 0 bridgehead atoms. The Morgan fingerprint density at radius 2 is 2.03 bits per heavy atom. The number of ether oxygens (including phenoxy) is 1. The summed E-state index contributed by atoms with van der Waals surface area (Å²) >= 11 is 0. The molecule has 31 heavy (non-hydrogen) atoms. The van der Waals surface area contributed by atoms with E-state index in [0.717, 1.165) is 44.5 Å². The Kier molecular flexibility index (Phi) is 6.61. The molecule has 1 fully saturated rings. The molecule has 1 heterocycles. The lowest BCUT2D eigenvalue weighted by Gasteiger charge is -2.24. The molecule has 166 valence electrons. The summed E-state index contributed by atoms with van der Waals surface area (Å²) in [5.41, 5.74) is 5.06. The second-order valence-electron chi connectivity index (χ2n) is 9.58. The van der Waals surface area contributed by atoms with E-state index >= 15 is 0 Å². The van der Waals surface area contributed by atoms with E-state index in [9.17, 15) is 4.79 Å². The van der Waals surface area contributed by atoms with Gasteiger partial charge in [0.2, 0.25) is 0 Å². The first-order valence-electron chi connectivity index (χ1n) is 11.6. The first-order valence-corrected chi connectivity index (χ1v) is 11.6. The van der Waals surface area contributed by atoms with Crippen molar-refractivity contribution in [2.24, 2.45) is 5.41 Å². The Morgan fingerprint density at radius 1 is 1.23 bits per heavy atom. The summed E-state index contributed by atoms with van der Waals surface area (Å²) < 4.78 is 5.65. The lowest BCUT2D eigenvalue weighted by Crippen LogP contribution is -2.38. The fourth-order valence-electron chi connectivity index (χ4n) is 4.20. The second kappa shape index (κ2) is 9.39. The molecule has 0 spiro atoms. The minimum absolute atomic E-state index is 0.0301. The summed E-state index contributed by atoms with van der Waals surface area (Å²) in [6.07, 6.45) is 8.26. The number of amides is 1. The minimum atomic E-state index is -0.0301. The van der Waals surface area contributed by atoms with Crippen LogP contribution in [0.25, 0.3) is 0 Å². The van der Waals surface area contributed by atoms with E-state index in [1.165, 1.54) is 29.5 Å². The largest absolute Gasteiger partial charge is 0.492 e. The topological polar surface area (TPSA) is 54.5 Å². The third-order valence-electron chi connectivity index (χ3n) is 6.76. The van der Waals surface area contributed by atoms with Crippen molar-refractivity contribution in [3.8, 4) is 5.75 Å². The number of hydrogen-bond acceptors (Lipinski definition) is 4. The third kappa shape index (κ3) is 5.45. The number of carbonyl (C=O) groups is 1. The van der Waals surface area contributed by atoms with Gasteiger partial charge >= 0.3 is 0 Å². The highest BCUT2D eigenvalue weighted by Crippen LogP contribution is 2.44. The molecule has 5 heteroatoms. The molecule has 0 unspecified atom stereocenters. The van der Waals surface area contributed by atoms with E-state index in [2.05, 4.69) is 42.3 Å². The molecular formula is C26H35N3O2. The molecule has 1 N–H and O–H groups in total. The van der Waals surface area contributed by atoms with Gasteiger partial charge < -0.3 is 15.0 Å².